The van der Waals surface area contributed by atoms with E-state index in [4.69, 9.17) is 28.6 Å². The van der Waals surface area contributed by atoms with E-state index in [0.717, 1.165) is 5.56 Å². The van der Waals surface area contributed by atoms with Gasteiger partial charge in [-0.3, -0.25) is 0 Å². The van der Waals surface area contributed by atoms with Crippen LogP contribution < -0.4 is 15.4 Å². The molecule has 21 heavy (non-hydrogen) atoms. The minimum Gasteiger partial charge on any atom is -0.481 e. The third kappa shape index (κ3) is 4.54. The monoisotopic (exact) mass is 322 g/mol. The number of methoxy groups -OCH3 is 1. The predicted molar refractivity (Wildman–Crippen MR) is 87.8 cm³/mol. The first-order valence-electron chi connectivity index (χ1n) is 6.27. The number of rotatable bonds is 4. The summed E-state index contributed by atoms with van der Waals surface area (Å²) in [6, 6.07) is 9.32. The highest BCUT2D eigenvalue weighted by molar-refractivity contribution is 7.80. The van der Waals surface area contributed by atoms with E-state index in [1.165, 1.54) is 6.33 Å². The second-order valence-corrected chi connectivity index (χ2v) is 5.16. The Labute approximate surface area is 133 Å². The first-order valence-corrected chi connectivity index (χ1v) is 7.06. The standard InChI is InChI=1S/C14H15ClN4OS/c1-9(10-3-5-11(15)6-4-10)18-14(21)19-12-7-13(20-2)17-8-16-12/h3-9H,1-2H3,(H2,16,17,18,19,21)/t9-/m0/s1. The molecule has 1 atom stereocenters. The molecule has 0 fully saturated rings. The topological polar surface area (TPSA) is 59.1 Å². The average molecular weight is 323 g/mol. The van der Waals surface area contributed by atoms with Crippen LogP contribution in [0.25, 0.3) is 0 Å². The third-order valence-electron chi connectivity index (χ3n) is 2.81. The first-order chi connectivity index (χ1) is 10.1. The Kier molecular flexibility index (Phi) is 5.30. The van der Waals surface area contributed by atoms with Gasteiger partial charge in [-0.25, -0.2) is 9.97 Å². The van der Waals surface area contributed by atoms with Gasteiger partial charge in [-0.05, 0) is 36.8 Å². The van der Waals surface area contributed by atoms with Crippen LogP contribution in [0.5, 0.6) is 5.88 Å². The van der Waals surface area contributed by atoms with Crippen molar-refractivity contribution in [3.05, 3.63) is 47.2 Å². The van der Waals surface area contributed by atoms with E-state index in [2.05, 4.69) is 20.6 Å². The van der Waals surface area contributed by atoms with Crippen LogP contribution in [0, 0.1) is 0 Å². The van der Waals surface area contributed by atoms with Gasteiger partial charge in [0.25, 0.3) is 0 Å². The van der Waals surface area contributed by atoms with E-state index in [0.29, 0.717) is 21.8 Å². The Morgan fingerprint density at radius 3 is 2.67 bits per heavy atom. The van der Waals surface area contributed by atoms with Crippen LogP contribution in [0.4, 0.5) is 5.82 Å². The van der Waals surface area contributed by atoms with Crippen molar-refractivity contribution in [3.63, 3.8) is 0 Å². The van der Waals surface area contributed by atoms with E-state index in [1.807, 2.05) is 31.2 Å². The van der Waals surface area contributed by atoms with Gasteiger partial charge in [0, 0.05) is 11.1 Å². The highest BCUT2D eigenvalue weighted by Crippen LogP contribution is 2.16. The smallest absolute Gasteiger partial charge is 0.218 e. The lowest BCUT2D eigenvalue weighted by atomic mass is 10.1. The van der Waals surface area contributed by atoms with Crippen LogP contribution in [0.1, 0.15) is 18.5 Å². The lowest BCUT2D eigenvalue weighted by molar-refractivity contribution is 0.397. The van der Waals surface area contributed by atoms with Crippen LogP contribution in [-0.2, 0) is 0 Å². The molecule has 0 aliphatic heterocycles. The summed E-state index contributed by atoms with van der Waals surface area (Å²) in [7, 11) is 1.55. The fraction of sp³-hybridized carbons (Fsp3) is 0.214. The van der Waals surface area contributed by atoms with Crippen LogP contribution in [0.15, 0.2) is 36.7 Å². The zero-order valence-electron chi connectivity index (χ0n) is 11.6. The zero-order valence-corrected chi connectivity index (χ0v) is 13.2. The average Bonchev–Trinajstić information content (AvgIpc) is 2.47. The van der Waals surface area contributed by atoms with Crippen LogP contribution >= 0.6 is 23.8 Å². The predicted octanol–water partition coefficient (Wildman–Crippen LogP) is 3.19. The van der Waals surface area contributed by atoms with E-state index in [-0.39, 0.29) is 6.04 Å². The van der Waals surface area contributed by atoms with Crippen molar-refractivity contribution in [1.29, 1.82) is 0 Å². The highest BCUT2D eigenvalue weighted by Gasteiger charge is 2.08. The Morgan fingerprint density at radius 2 is 2.00 bits per heavy atom. The SMILES string of the molecule is COc1cc(NC(=S)N[C@@H](C)c2ccc(Cl)cc2)ncn1. The van der Waals surface area contributed by atoms with E-state index in [9.17, 15) is 0 Å². The van der Waals surface area contributed by atoms with Crippen LogP contribution in [-0.4, -0.2) is 22.2 Å². The molecule has 0 aliphatic carbocycles. The second kappa shape index (κ2) is 7.19. The minimum atomic E-state index is 0.0472. The maximum absolute atomic E-state index is 5.87. The molecule has 2 N–H and O–H groups in total. The molecule has 2 aromatic rings. The largest absolute Gasteiger partial charge is 0.481 e. The Balaban J connectivity index is 1.96. The summed E-state index contributed by atoms with van der Waals surface area (Å²) in [5.74, 6) is 1.05. The van der Waals surface area contributed by atoms with Gasteiger partial charge in [0.1, 0.15) is 12.1 Å². The number of nitrogens with zero attached hydrogens (tertiary/aromatic N) is 2. The zero-order chi connectivity index (χ0) is 15.2. The fourth-order valence-corrected chi connectivity index (χ4v) is 2.11. The summed E-state index contributed by atoms with van der Waals surface area (Å²) in [4.78, 5) is 8.00. The molecule has 0 aliphatic rings. The van der Waals surface area contributed by atoms with Crippen molar-refractivity contribution in [3.8, 4) is 5.88 Å². The molecule has 0 saturated carbocycles. The molecular formula is C14H15ClN4OS. The molecule has 0 saturated heterocycles. The Hall–Kier alpha value is -1.92. The normalized spacial score (nSPS) is 11.6. The van der Waals surface area contributed by atoms with Crippen molar-refractivity contribution in [2.45, 2.75) is 13.0 Å². The number of hydrogen-bond acceptors (Lipinski definition) is 4. The molecule has 0 unspecified atom stereocenters. The van der Waals surface area contributed by atoms with Gasteiger partial charge < -0.3 is 15.4 Å². The molecule has 5 nitrogen and oxygen atoms in total. The number of anilines is 1. The molecule has 1 aromatic carbocycles. The molecule has 2 rings (SSSR count). The molecule has 110 valence electrons. The third-order valence-corrected chi connectivity index (χ3v) is 3.28. The number of halogens is 1. The van der Waals surface area contributed by atoms with Crippen molar-refractivity contribution < 1.29 is 4.74 Å². The molecule has 0 spiro atoms. The summed E-state index contributed by atoms with van der Waals surface area (Å²) in [6.07, 6.45) is 1.41. The molecule has 1 aromatic heterocycles. The number of aromatic nitrogens is 2. The van der Waals surface area contributed by atoms with Gasteiger partial charge in [0.05, 0.1) is 13.2 Å². The summed E-state index contributed by atoms with van der Waals surface area (Å²) in [6.45, 7) is 2.01. The summed E-state index contributed by atoms with van der Waals surface area (Å²) in [5, 5.41) is 7.35. The number of nitrogens with one attached hydrogen (secondary N) is 2. The Morgan fingerprint density at radius 1 is 1.29 bits per heavy atom. The van der Waals surface area contributed by atoms with Gasteiger partial charge in [0.15, 0.2) is 5.11 Å². The number of benzene rings is 1. The van der Waals surface area contributed by atoms with E-state index < -0.39 is 0 Å². The molecule has 1 heterocycles. The minimum absolute atomic E-state index is 0.0472. The molecule has 0 radical (unpaired) electrons. The summed E-state index contributed by atoms with van der Waals surface area (Å²) >= 11 is 11.1. The summed E-state index contributed by atoms with van der Waals surface area (Å²) in [5.41, 5.74) is 1.09. The summed E-state index contributed by atoms with van der Waals surface area (Å²) < 4.78 is 5.03. The van der Waals surface area contributed by atoms with E-state index in [1.54, 1.807) is 13.2 Å². The van der Waals surface area contributed by atoms with Crippen LogP contribution in [0.2, 0.25) is 5.02 Å². The lowest BCUT2D eigenvalue weighted by Crippen LogP contribution is -2.31. The molecule has 0 amide bonds. The van der Waals surface area contributed by atoms with Gasteiger partial charge in [-0.2, -0.15) is 0 Å². The quantitative estimate of drug-likeness (QED) is 0.843. The van der Waals surface area contributed by atoms with Crippen molar-refractivity contribution in [1.82, 2.24) is 15.3 Å². The molecule has 0 bridgehead atoms. The number of thiocarbonyl (C=S) groups is 1. The van der Waals surface area contributed by atoms with Crippen molar-refractivity contribution >= 4 is 34.7 Å². The van der Waals surface area contributed by atoms with Gasteiger partial charge in [0.2, 0.25) is 5.88 Å². The maximum Gasteiger partial charge on any atom is 0.218 e. The fourth-order valence-electron chi connectivity index (χ4n) is 1.70. The lowest BCUT2D eigenvalue weighted by Gasteiger charge is -2.17. The van der Waals surface area contributed by atoms with Crippen molar-refractivity contribution in [2.24, 2.45) is 0 Å². The molecule has 7 heteroatoms. The van der Waals surface area contributed by atoms with Gasteiger partial charge >= 0.3 is 0 Å². The number of hydrogen-bond donors (Lipinski definition) is 2. The van der Waals surface area contributed by atoms with Crippen LogP contribution in [0.3, 0.4) is 0 Å². The second-order valence-electron chi connectivity index (χ2n) is 4.32. The first kappa shape index (κ1) is 15.5. The highest BCUT2D eigenvalue weighted by atomic mass is 35.5. The Bertz CT molecular complexity index is 621. The van der Waals surface area contributed by atoms with Crippen molar-refractivity contribution in [2.75, 3.05) is 12.4 Å². The van der Waals surface area contributed by atoms with E-state index >= 15 is 0 Å². The van der Waals surface area contributed by atoms with Gasteiger partial charge in [-0.15, -0.1) is 0 Å². The van der Waals surface area contributed by atoms with Gasteiger partial charge in [-0.1, -0.05) is 23.7 Å². The molecular weight excluding hydrogens is 308 g/mol. The number of ether oxygens (including phenoxy) is 1. The maximum atomic E-state index is 5.87.